The monoisotopic (exact) mass is 374 g/mol. The van der Waals surface area contributed by atoms with E-state index in [0.29, 0.717) is 29.8 Å². The molecule has 0 radical (unpaired) electrons. The number of fused-ring (bicyclic) bond motifs is 1. The quantitative estimate of drug-likeness (QED) is 0.797. The average Bonchev–Trinajstić information content (AvgIpc) is 2.70. The van der Waals surface area contributed by atoms with Crippen LogP contribution in [0.3, 0.4) is 0 Å². The summed E-state index contributed by atoms with van der Waals surface area (Å²) < 4.78 is 41.3. The number of alkyl halides is 3. The molecule has 1 N–H and O–H groups in total. The lowest BCUT2D eigenvalue weighted by atomic mass is 9.87. The smallest absolute Gasteiger partial charge is 0.362 e. The molecule has 0 aromatic heterocycles. The zero-order valence-electron chi connectivity index (χ0n) is 13.6. The molecule has 1 aromatic rings. The van der Waals surface area contributed by atoms with Gasteiger partial charge in [-0.15, -0.1) is 0 Å². The van der Waals surface area contributed by atoms with Crippen LogP contribution in [0.25, 0.3) is 0 Å². The van der Waals surface area contributed by atoms with E-state index in [4.69, 9.17) is 11.6 Å². The summed E-state index contributed by atoms with van der Waals surface area (Å²) >= 11 is 5.91. The van der Waals surface area contributed by atoms with Crippen LogP contribution in [-0.4, -0.2) is 33.6 Å². The minimum Gasteiger partial charge on any atom is -0.362 e. The lowest BCUT2D eigenvalue weighted by Crippen LogP contribution is -2.61. The molecule has 8 heteroatoms. The van der Waals surface area contributed by atoms with Crippen LogP contribution in [0.15, 0.2) is 23.3 Å². The Kier molecular flexibility index (Phi) is 4.58. The maximum Gasteiger partial charge on any atom is 0.439 e. The maximum absolute atomic E-state index is 13.8. The first-order valence-corrected chi connectivity index (χ1v) is 8.51. The van der Waals surface area contributed by atoms with Crippen LogP contribution in [-0.2, 0) is 0 Å². The zero-order chi connectivity index (χ0) is 18.4. The van der Waals surface area contributed by atoms with E-state index in [0.717, 1.165) is 6.42 Å². The first-order valence-electron chi connectivity index (χ1n) is 8.13. The molecule has 0 saturated heterocycles. The molecule has 1 aliphatic carbocycles. The van der Waals surface area contributed by atoms with E-state index in [1.165, 1.54) is 18.2 Å². The Morgan fingerprint density at radius 3 is 2.72 bits per heavy atom. The summed E-state index contributed by atoms with van der Waals surface area (Å²) in [6.45, 7) is 1.65. The highest BCUT2D eigenvalue weighted by molar-refractivity contribution is 6.31. The molecule has 3 rings (SSSR count). The highest BCUT2D eigenvalue weighted by Crippen LogP contribution is 2.48. The van der Waals surface area contributed by atoms with Gasteiger partial charge in [-0.2, -0.15) is 23.3 Å². The van der Waals surface area contributed by atoms with Gasteiger partial charge in [-0.1, -0.05) is 24.4 Å². The molecule has 1 aromatic carbocycles. The number of nitrogens with zero attached hydrogens (tertiary/aromatic N) is 2. The molecule has 136 valence electrons. The van der Waals surface area contributed by atoms with Crippen molar-refractivity contribution in [1.29, 1.82) is 0 Å². The van der Waals surface area contributed by atoms with Crippen LogP contribution in [0.1, 0.15) is 48.0 Å². The number of carbonyl (C=O) groups excluding carboxylic acids is 1. The highest BCUT2D eigenvalue weighted by Gasteiger charge is 2.68. The SMILES string of the molecule is Cc1cc(C(=O)N2N=C3CCCCCC3C2(O)C(F)(F)F)ccc1Cl. The molecule has 2 unspecified atom stereocenters. The first kappa shape index (κ1) is 18.2. The van der Waals surface area contributed by atoms with Crippen molar-refractivity contribution < 1.29 is 23.1 Å². The van der Waals surface area contributed by atoms with E-state index in [2.05, 4.69) is 5.10 Å². The van der Waals surface area contributed by atoms with E-state index in [9.17, 15) is 23.1 Å². The Morgan fingerprint density at radius 1 is 1.36 bits per heavy atom. The van der Waals surface area contributed by atoms with Crippen molar-refractivity contribution in [3.8, 4) is 0 Å². The van der Waals surface area contributed by atoms with Gasteiger partial charge in [-0.25, -0.2) is 0 Å². The summed E-state index contributed by atoms with van der Waals surface area (Å²) in [6.07, 6.45) is -2.46. The molecule has 1 aliphatic heterocycles. The molecule has 2 aliphatic rings. The van der Waals surface area contributed by atoms with Crippen LogP contribution in [0, 0.1) is 12.8 Å². The van der Waals surface area contributed by atoms with Gasteiger partial charge < -0.3 is 5.11 Å². The fraction of sp³-hybridized carbons (Fsp3) is 0.529. The number of hydrazone groups is 1. The molecule has 1 fully saturated rings. The molecular formula is C17H18ClF3N2O2. The molecule has 2 atom stereocenters. The number of halogens is 4. The second-order valence-corrected chi connectivity index (χ2v) is 6.96. The Morgan fingerprint density at radius 2 is 2.08 bits per heavy atom. The number of aliphatic hydroxyl groups is 1. The lowest BCUT2D eigenvalue weighted by Gasteiger charge is -2.37. The van der Waals surface area contributed by atoms with E-state index in [-0.39, 0.29) is 22.7 Å². The summed E-state index contributed by atoms with van der Waals surface area (Å²) in [7, 11) is 0. The van der Waals surface area contributed by atoms with Crippen LogP contribution >= 0.6 is 11.6 Å². The van der Waals surface area contributed by atoms with Gasteiger partial charge in [0.1, 0.15) is 0 Å². The minimum atomic E-state index is -5.01. The number of rotatable bonds is 1. The first-order chi connectivity index (χ1) is 11.7. The van der Waals surface area contributed by atoms with Crippen LogP contribution in [0.4, 0.5) is 13.2 Å². The summed E-state index contributed by atoms with van der Waals surface area (Å²) in [5.41, 5.74) is -2.50. The van der Waals surface area contributed by atoms with E-state index >= 15 is 0 Å². The van der Waals surface area contributed by atoms with Gasteiger partial charge >= 0.3 is 6.18 Å². The van der Waals surface area contributed by atoms with Gasteiger partial charge in [0.05, 0.1) is 5.92 Å². The van der Waals surface area contributed by atoms with Crippen molar-refractivity contribution in [2.24, 2.45) is 11.0 Å². The minimum absolute atomic E-state index is 0.00499. The molecule has 0 bridgehead atoms. The highest BCUT2D eigenvalue weighted by atomic mass is 35.5. The molecule has 1 heterocycles. The zero-order valence-corrected chi connectivity index (χ0v) is 14.4. The standard InChI is InChI=1S/C17H18ClF3N2O2/c1-10-9-11(7-8-13(10)18)15(24)23-16(25,17(19,20)21)12-5-3-2-4-6-14(12)22-23/h7-9,12,25H,2-6H2,1H3. The number of hydrogen-bond acceptors (Lipinski definition) is 3. The van der Waals surface area contributed by atoms with Crippen molar-refractivity contribution >= 4 is 23.2 Å². The summed E-state index contributed by atoms with van der Waals surface area (Å²) in [5.74, 6) is -2.20. The van der Waals surface area contributed by atoms with Crippen molar-refractivity contribution in [1.82, 2.24) is 5.01 Å². The van der Waals surface area contributed by atoms with Gasteiger partial charge in [0.25, 0.3) is 11.6 Å². The fourth-order valence-corrected chi connectivity index (χ4v) is 3.61. The largest absolute Gasteiger partial charge is 0.439 e. The predicted molar refractivity (Wildman–Crippen MR) is 87.4 cm³/mol. The van der Waals surface area contributed by atoms with E-state index < -0.39 is 23.7 Å². The normalized spacial score (nSPS) is 26.9. The van der Waals surface area contributed by atoms with Crippen LogP contribution < -0.4 is 0 Å². The van der Waals surface area contributed by atoms with Crippen LogP contribution in [0.5, 0.6) is 0 Å². The Bertz CT molecular complexity index is 735. The lowest BCUT2D eigenvalue weighted by molar-refractivity contribution is -0.312. The van der Waals surface area contributed by atoms with Gasteiger partial charge in [0.2, 0.25) is 0 Å². The summed E-state index contributed by atoms with van der Waals surface area (Å²) in [6, 6.07) is 4.18. The van der Waals surface area contributed by atoms with E-state index in [1.54, 1.807) is 6.92 Å². The predicted octanol–water partition coefficient (Wildman–Crippen LogP) is 4.29. The molecule has 25 heavy (non-hydrogen) atoms. The number of benzene rings is 1. The Labute approximate surface area is 148 Å². The molecule has 1 saturated carbocycles. The fourth-order valence-electron chi connectivity index (χ4n) is 3.50. The summed E-state index contributed by atoms with van der Waals surface area (Å²) in [5, 5.41) is 15.1. The van der Waals surface area contributed by atoms with Gasteiger partial charge in [-0.3, -0.25) is 4.79 Å². The second kappa shape index (κ2) is 6.29. The van der Waals surface area contributed by atoms with Crippen molar-refractivity contribution in [2.45, 2.75) is 50.9 Å². The van der Waals surface area contributed by atoms with Gasteiger partial charge in [-0.05, 0) is 49.9 Å². The third-order valence-corrected chi connectivity index (χ3v) is 5.30. The average molecular weight is 375 g/mol. The number of aryl methyl sites for hydroxylation is 1. The molecule has 1 amide bonds. The topological polar surface area (TPSA) is 52.9 Å². The number of carbonyl (C=O) groups is 1. The van der Waals surface area contributed by atoms with E-state index in [1.807, 2.05) is 0 Å². The molecule has 4 nitrogen and oxygen atoms in total. The summed E-state index contributed by atoms with van der Waals surface area (Å²) in [4.78, 5) is 12.7. The van der Waals surface area contributed by atoms with Crippen LogP contribution in [0.2, 0.25) is 5.02 Å². The maximum atomic E-state index is 13.8. The van der Waals surface area contributed by atoms with Crippen molar-refractivity contribution in [3.63, 3.8) is 0 Å². The molecular weight excluding hydrogens is 357 g/mol. The van der Waals surface area contributed by atoms with Gasteiger partial charge in [0.15, 0.2) is 0 Å². The third kappa shape index (κ3) is 2.93. The Hall–Kier alpha value is -1.60. The second-order valence-electron chi connectivity index (χ2n) is 6.55. The van der Waals surface area contributed by atoms with Crippen molar-refractivity contribution in [3.05, 3.63) is 34.3 Å². The number of hydrogen-bond donors (Lipinski definition) is 1. The van der Waals surface area contributed by atoms with Crippen molar-refractivity contribution in [2.75, 3.05) is 0 Å². The number of amides is 1. The third-order valence-electron chi connectivity index (χ3n) is 4.88. The molecule has 0 spiro atoms. The van der Waals surface area contributed by atoms with Gasteiger partial charge in [0, 0.05) is 16.3 Å². The Balaban J connectivity index is 2.05.